The molecule has 13 heavy (non-hydrogen) atoms. The van der Waals surface area contributed by atoms with Crippen molar-refractivity contribution in [3.8, 4) is 0 Å². The van der Waals surface area contributed by atoms with E-state index in [-0.39, 0.29) is 0 Å². The van der Waals surface area contributed by atoms with Crippen molar-refractivity contribution in [1.29, 1.82) is 0 Å². The highest BCUT2D eigenvalue weighted by Crippen LogP contribution is 2.21. The number of nitrogens with zero attached hydrogens (tertiary/aromatic N) is 1. The van der Waals surface area contributed by atoms with Crippen LogP contribution in [0.15, 0.2) is 30.3 Å². The second-order valence-corrected chi connectivity index (χ2v) is 3.08. The summed E-state index contributed by atoms with van der Waals surface area (Å²) < 4.78 is 0. The van der Waals surface area contributed by atoms with Crippen LogP contribution in [-0.2, 0) is 0 Å². The van der Waals surface area contributed by atoms with Gasteiger partial charge in [-0.3, -0.25) is 0 Å². The number of aryl methyl sites for hydroxylation is 1. The summed E-state index contributed by atoms with van der Waals surface area (Å²) in [4.78, 5) is 4.41. The summed E-state index contributed by atoms with van der Waals surface area (Å²) in [5.41, 5.74) is 1.04. The lowest BCUT2D eigenvalue weighted by Gasteiger charge is -2.05. The Bertz CT molecular complexity index is 435. The zero-order chi connectivity index (χ0) is 9.26. The summed E-state index contributed by atoms with van der Waals surface area (Å²) in [5.74, 6) is 0.954. The first kappa shape index (κ1) is 8.05. The van der Waals surface area contributed by atoms with Gasteiger partial charge >= 0.3 is 0 Å². The molecule has 0 atom stereocenters. The van der Waals surface area contributed by atoms with Crippen molar-refractivity contribution in [2.75, 3.05) is 12.4 Å². The van der Waals surface area contributed by atoms with E-state index in [1.807, 2.05) is 26.1 Å². The van der Waals surface area contributed by atoms with Crippen molar-refractivity contribution in [2.45, 2.75) is 6.92 Å². The Balaban J connectivity index is 2.81. The highest BCUT2D eigenvalue weighted by molar-refractivity contribution is 5.91. The van der Waals surface area contributed by atoms with Gasteiger partial charge in [-0.25, -0.2) is 4.98 Å². The lowest BCUT2D eigenvalue weighted by Crippen LogP contribution is -1.94. The second kappa shape index (κ2) is 3.05. The molecule has 0 aliphatic heterocycles. The molecule has 1 aromatic heterocycles. The molecular formula is C11H12N2. The van der Waals surface area contributed by atoms with Crippen LogP contribution in [-0.4, -0.2) is 12.0 Å². The molecule has 0 unspecified atom stereocenters. The third-order valence-corrected chi connectivity index (χ3v) is 2.11. The Hall–Kier alpha value is -1.57. The lowest BCUT2D eigenvalue weighted by atomic mass is 10.1. The molecule has 0 aliphatic rings. The van der Waals surface area contributed by atoms with Gasteiger partial charge in [0.25, 0.3) is 0 Å². The Morgan fingerprint density at radius 3 is 2.77 bits per heavy atom. The lowest BCUT2D eigenvalue weighted by molar-refractivity contribution is 1.21. The molecule has 0 saturated heterocycles. The molecule has 2 rings (SSSR count). The summed E-state index contributed by atoms with van der Waals surface area (Å²) in [5, 5.41) is 5.51. The van der Waals surface area contributed by atoms with Crippen molar-refractivity contribution in [2.24, 2.45) is 0 Å². The minimum atomic E-state index is 0.954. The molecule has 1 heterocycles. The van der Waals surface area contributed by atoms with E-state index >= 15 is 0 Å². The van der Waals surface area contributed by atoms with Gasteiger partial charge in [-0.05, 0) is 18.4 Å². The van der Waals surface area contributed by atoms with Crippen molar-refractivity contribution >= 4 is 16.6 Å². The molecule has 0 fully saturated rings. The molecule has 2 nitrogen and oxygen atoms in total. The maximum atomic E-state index is 4.41. The van der Waals surface area contributed by atoms with Crippen LogP contribution in [0.1, 0.15) is 5.69 Å². The molecule has 0 radical (unpaired) electrons. The van der Waals surface area contributed by atoms with Gasteiger partial charge in [0.2, 0.25) is 0 Å². The van der Waals surface area contributed by atoms with Crippen LogP contribution in [0.5, 0.6) is 0 Å². The molecule has 0 aliphatic carbocycles. The molecule has 2 aromatic rings. The highest BCUT2D eigenvalue weighted by atomic mass is 15.0. The number of aromatic nitrogens is 1. The highest BCUT2D eigenvalue weighted by Gasteiger charge is 2.00. The Kier molecular flexibility index (Phi) is 1.89. The fraction of sp³-hybridized carbons (Fsp3) is 0.182. The zero-order valence-corrected chi connectivity index (χ0v) is 7.83. The number of hydrogen-bond donors (Lipinski definition) is 1. The smallest absolute Gasteiger partial charge is 0.133 e. The monoisotopic (exact) mass is 172 g/mol. The maximum absolute atomic E-state index is 4.41. The summed E-state index contributed by atoms with van der Waals surface area (Å²) in [6.07, 6.45) is 0. The van der Waals surface area contributed by atoms with Crippen LogP contribution < -0.4 is 5.32 Å². The summed E-state index contributed by atoms with van der Waals surface area (Å²) >= 11 is 0. The third-order valence-electron chi connectivity index (χ3n) is 2.11. The first-order valence-corrected chi connectivity index (χ1v) is 4.35. The first-order chi connectivity index (χ1) is 6.31. The third kappa shape index (κ3) is 1.35. The van der Waals surface area contributed by atoms with E-state index in [1.54, 1.807) is 0 Å². The maximum Gasteiger partial charge on any atom is 0.133 e. The minimum absolute atomic E-state index is 0.954. The van der Waals surface area contributed by atoms with Gasteiger partial charge < -0.3 is 5.32 Å². The summed E-state index contributed by atoms with van der Waals surface area (Å²) in [6, 6.07) is 10.3. The van der Waals surface area contributed by atoms with Gasteiger partial charge in [-0.15, -0.1) is 0 Å². The van der Waals surface area contributed by atoms with E-state index in [9.17, 15) is 0 Å². The van der Waals surface area contributed by atoms with Gasteiger partial charge in [-0.2, -0.15) is 0 Å². The van der Waals surface area contributed by atoms with Crippen LogP contribution in [0.3, 0.4) is 0 Å². The molecule has 0 saturated carbocycles. The van der Waals surface area contributed by atoms with Gasteiger partial charge in [0.15, 0.2) is 0 Å². The van der Waals surface area contributed by atoms with Crippen molar-refractivity contribution in [3.63, 3.8) is 0 Å². The number of hydrogen-bond acceptors (Lipinski definition) is 2. The van der Waals surface area contributed by atoms with Gasteiger partial charge in [-0.1, -0.05) is 24.3 Å². The molecule has 2 heteroatoms. The second-order valence-electron chi connectivity index (χ2n) is 3.08. The van der Waals surface area contributed by atoms with Crippen LogP contribution >= 0.6 is 0 Å². The first-order valence-electron chi connectivity index (χ1n) is 4.35. The molecule has 1 aromatic carbocycles. The minimum Gasteiger partial charge on any atom is -0.373 e. The topological polar surface area (TPSA) is 24.9 Å². The van der Waals surface area contributed by atoms with E-state index in [0.717, 1.165) is 11.5 Å². The number of fused-ring (bicyclic) bond motifs is 1. The quantitative estimate of drug-likeness (QED) is 0.715. The van der Waals surface area contributed by atoms with Crippen LogP contribution in [0.25, 0.3) is 10.8 Å². The summed E-state index contributed by atoms with van der Waals surface area (Å²) in [6.45, 7) is 2.01. The Morgan fingerprint density at radius 2 is 2.00 bits per heavy atom. The van der Waals surface area contributed by atoms with Crippen LogP contribution in [0.4, 0.5) is 5.82 Å². The molecule has 0 amide bonds. The van der Waals surface area contributed by atoms with E-state index in [1.165, 1.54) is 10.8 Å². The predicted molar refractivity (Wildman–Crippen MR) is 56.0 cm³/mol. The number of benzene rings is 1. The molecule has 66 valence electrons. The molecule has 1 N–H and O–H groups in total. The number of rotatable bonds is 1. The number of nitrogens with one attached hydrogen (secondary N) is 1. The molecular weight excluding hydrogens is 160 g/mol. The van der Waals surface area contributed by atoms with Crippen LogP contribution in [0, 0.1) is 6.92 Å². The largest absolute Gasteiger partial charge is 0.373 e. The van der Waals surface area contributed by atoms with Crippen molar-refractivity contribution in [3.05, 3.63) is 36.0 Å². The van der Waals surface area contributed by atoms with E-state index in [4.69, 9.17) is 0 Å². The van der Waals surface area contributed by atoms with Crippen molar-refractivity contribution in [1.82, 2.24) is 4.98 Å². The van der Waals surface area contributed by atoms with E-state index in [0.29, 0.717) is 0 Å². The van der Waals surface area contributed by atoms with Gasteiger partial charge in [0, 0.05) is 18.1 Å². The number of anilines is 1. The zero-order valence-electron chi connectivity index (χ0n) is 7.83. The molecule has 0 spiro atoms. The fourth-order valence-corrected chi connectivity index (χ4v) is 1.52. The van der Waals surface area contributed by atoms with Crippen molar-refractivity contribution < 1.29 is 0 Å². The fourth-order valence-electron chi connectivity index (χ4n) is 1.52. The average Bonchev–Trinajstić information content (AvgIpc) is 2.16. The Labute approximate surface area is 77.6 Å². The Morgan fingerprint density at radius 1 is 1.23 bits per heavy atom. The van der Waals surface area contributed by atoms with Gasteiger partial charge in [0.1, 0.15) is 5.82 Å². The standard InChI is InChI=1S/C11H12N2/c1-8-7-9-5-3-4-6-10(9)11(12-2)13-8/h3-7H,1-2H3,(H,12,13). The van der Waals surface area contributed by atoms with E-state index < -0.39 is 0 Å². The molecule has 0 bridgehead atoms. The predicted octanol–water partition coefficient (Wildman–Crippen LogP) is 2.58. The van der Waals surface area contributed by atoms with Gasteiger partial charge in [0.05, 0.1) is 0 Å². The normalized spacial score (nSPS) is 10.3. The average molecular weight is 172 g/mol. The van der Waals surface area contributed by atoms with Crippen LogP contribution in [0.2, 0.25) is 0 Å². The van der Waals surface area contributed by atoms with E-state index in [2.05, 4.69) is 28.5 Å². The SMILES string of the molecule is CNc1nc(C)cc2ccccc12. The summed E-state index contributed by atoms with van der Waals surface area (Å²) in [7, 11) is 1.90. The number of pyridine rings is 1.